The van der Waals surface area contributed by atoms with Crippen molar-refractivity contribution in [1.82, 2.24) is 5.32 Å². The van der Waals surface area contributed by atoms with Gasteiger partial charge in [0, 0.05) is 13.2 Å². The second-order valence-corrected chi connectivity index (χ2v) is 3.64. The van der Waals surface area contributed by atoms with E-state index >= 15 is 0 Å². The quantitative estimate of drug-likeness (QED) is 0.546. The Hall–Kier alpha value is -0.610. The van der Waals surface area contributed by atoms with Crippen molar-refractivity contribution in [2.75, 3.05) is 20.3 Å². The molecule has 0 aliphatic heterocycles. The van der Waals surface area contributed by atoms with Crippen LogP contribution < -0.4 is 5.32 Å². The molecular formula is C11H23NO3. The van der Waals surface area contributed by atoms with Crippen LogP contribution in [0.2, 0.25) is 0 Å². The molecular weight excluding hydrogens is 194 g/mol. The van der Waals surface area contributed by atoms with Crippen molar-refractivity contribution in [1.29, 1.82) is 0 Å². The van der Waals surface area contributed by atoms with Crippen LogP contribution in [0.25, 0.3) is 0 Å². The molecule has 1 atom stereocenters. The van der Waals surface area contributed by atoms with Gasteiger partial charge in [0.05, 0.1) is 0 Å². The molecule has 0 saturated carbocycles. The van der Waals surface area contributed by atoms with Crippen LogP contribution in [0.3, 0.4) is 0 Å². The SMILES string of the molecule is CCCCCOCCC[C@H](NC)C(=O)O. The second kappa shape index (κ2) is 9.93. The highest BCUT2D eigenvalue weighted by Gasteiger charge is 2.13. The molecule has 0 rings (SSSR count). The van der Waals surface area contributed by atoms with Crippen molar-refractivity contribution >= 4 is 5.97 Å². The van der Waals surface area contributed by atoms with E-state index in [4.69, 9.17) is 9.84 Å². The lowest BCUT2D eigenvalue weighted by molar-refractivity contribution is -0.139. The first-order valence-electron chi connectivity index (χ1n) is 5.70. The van der Waals surface area contributed by atoms with Crippen LogP contribution in [0.5, 0.6) is 0 Å². The molecule has 0 aliphatic carbocycles. The zero-order valence-corrected chi connectivity index (χ0v) is 9.79. The average Bonchev–Trinajstić information content (AvgIpc) is 2.21. The summed E-state index contributed by atoms with van der Waals surface area (Å²) in [6, 6.07) is -0.441. The molecule has 0 aromatic heterocycles. The molecule has 15 heavy (non-hydrogen) atoms. The van der Waals surface area contributed by atoms with Crippen molar-refractivity contribution in [3.8, 4) is 0 Å². The molecule has 0 fully saturated rings. The van der Waals surface area contributed by atoms with E-state index < -0.39 is 12.0 Å². The van der Waals surface area contributed by atoms with Gasteiger partial charge in [-0.05, 0) is 26.3 Å². The first kappa shape index (κ1) is 14.4. The number of nitrogens with one attached hydrogen (secondary N) is 1. The van der Waals surface area contributed by atoms with Gasteiger partial charge in [-0.1, -0.05) is 19.8 Å². The minimum Gasteiger partial charge on any atom is -0.480 e. The molecule has 90 valence electrons. The first-order chi connectivity index (χ1) is 7.22. The number of hydrogen-bond acceptors (Lipinski definition) is 3. The van der Waals surface area contributed by atoms with E-state index in [1.807, 2.05) is 0 Å². The van der Waals surface area contributed by atoms with E-state index in [9.17, 15) is 4.79 Å². The Labute approximate surface area is 92.0 Å². The normalized spacial score (nSPS) is 12.7. The minimum atomic E-state index is -0.788. The molecule has 0 aromatic carbocycles. The van der Waals surface area contributed by atoms with Crippen molar-refractivity contribution in [3.05, 3.63) is 0 Å². The highest BCUT2D eigenvalue weighted by atomic mass is 16.5. The number of carbonyl (C=O) groups is 1. The summed E-state index contributed by atoms with van der Waals surface area (Å²) in [5.41, 5.74) is 0. The maximum atomic E-state index is 10.6. The summed E-state index contributed by atoms with van der Waals surface area (Å²) in [7, 11) is 1.67. The van der Waals surface area contributed by atoms with Crippen molar-refractivity contribution in [3.63, 3.8) is 0 Å². The number of likely N-dealkylation sites (N-methyl/N-ethyl adjacent to an activating group) is 1. The van der Waals surface area contributed by atoms with E-state index in [1.54, 1.807) is 7.05 Å². The Balaban J connectivity index is 3.25. The Morgan fingerprint density at radius 1 is 1.33 bits per heavy atom. The average molecular weight is 217 g/mol. The van der Waals surface area contributed by atoms with E-state index in [2.05, 4.69) is 12.2 Å². The standard InChI is InChI=1S/C11H23NO3/c1-3-4-5-8-15-9-6-7-10(12-2)11(13)14/h10,12H,3-9H2,1-2H3,(H,13,14)/t10-/m0/s1. The summed E-state index contributed by atoms with van der Waals surface area (Å²) in [6.45, 7) is 3.62. The summed E-state index contributed by atoms with van der Waals surface area (Å²) in [6.07, 6.45) is 4.92. The van der Waals surface area contributed by atoms with Crippen molar-refractivity contribution in [2.24, 2.45) is 0 Å². The lowest BCUT2D eigenvalue weighted by Crippen LogP contribution is -2.33. The fourth-order valence-corrected chi connectivity index (χ4v) is 1.34. The molecule has 4 heteroatoms. The first-order valence-corrected chi connectivity index (χ1v) is 5.70. The van der Waals surface area contributed by atoms with Crippen LogP contribution in [0.15, 0.2) is 0 Å². The zero-order chi connectivity index (χ0) is 11.5. The van der Waals surface area contributed by atoms with Gasteiger partial charge in [-0.25, -0.2) is 0 Å². The summed E-state index contributed by atoms with van der Waals surface area (Å²) in [5.74, 6) is -0.788. The van der Waals surface area contributed by atoms with Crippen LogP contribution in [0.4, 0.5) is 0 Å². The Kier molecular flexibility index (Phi) is 9.52. The lowest BCUT2D eigenvalue weighted by atomic mass is 10.1. The number of rotatable bonds is 10. The third kappa shape index (κ3) is 8.39. The number of carboxylic acids is 1. The van der Waals surface area contributed by atoms with Crippen LogP contribution in [0, 0.1) is 0 Å². The minimum absolute atomic E-state index is 0.441. The van der Waals surface area contributed by atoms with Gasteiger partial charge in [0.1, 0.15) is 6.04 Å². The molecule has 0 spiro atoms. The van der Waals surface area contributed by atoms with Crippen LogP contribution in [0.1, 0.15) is 39.0 Å². The molecule has 0 heterocycles. The predicted octanol–water partition coefficient (Wildman–Crippen LogP) is 1.65. The largest absolute Gasteiger partial charge is 0.480 e. The highest BCUT2D eigenvalue weighted by Crippen LogP contribution is 1.99. The van der Waals surface area contributed by atoms with Gasteiger partial charge in [0.2, 0.25) is 0 Å². The molecule has 0 bridgehead atoms. The number of ether oxygens (including phenoxy) is 1. The maximum absolute atomic E-state index is 10.6. The second-order valence-electron chi connectivity index (χ2n) is 3.64. The van der Waals surface area contributed by atoms with Gasteiger partial charge in [-0.2, -0.15) is 0 Å². The molecule has 4 nitrogen and oxygen atoms in total. The van der Waals surface area contributed by atoms with E-state index in [0.717, 1.165) is 19.4 Å². The predicted molar refractivity (Wildman–Crippen MR) is 60.1 cm³/mol. The smallest absolute Gasteiger partial charge is 0.320 e. The van der Waals surface area contributed by atoms with Gasteiger partial charge in [0.15, 0.2) is 0 Å². The summed E-state index contributed by atoms with van der Waals surface area (Å²) in [5, 5.41) is 11.5. The van der Waals surface area contributed by atoms with Gasteiger partial charge in [-0.15, -0.1) is 0 Å². The van der Waals surface area contributed by atoms with Crippen LogP contribution in [-0.4, -0.2) is 37.4 Å². The molecule has 2 N–H and O–H groups in total. The van der Waals surface area contributed by atoms with E-state index in [1.165, 1.54) is 12.8 Å². The maximum Gasteiger partial charge on any atom is 0.320 e. The van der Waals surface area contributed by atoms with Crippen LogP contribution in [-0.2, 0) is 9.53 Å². The van der Waals surface area contributed by atoms with Gasteiger partial charge >= 0.3 is 5.97 Å². The molecule has 0 aliphatic rings. The third-order valence-corrected chi connectivity index (χ3v) is 2.32. The van der Waals surface area contributed by atoms with Gasteiger partial charge in [-0.3, -0.25) is 4.79 Å². The van der Waals surface area contributed by atoms with E-state index in [0.29, 0.717) is 13.0 Å². The number of aliphatic carboxylic acids is 1. The molecule has 0 aromatic rings. The van der Waals surface area contributed by atoms with Gasteiger partial charge in [0.25, 0.3) is 0 Å². The summed E-state index contributed by atoms with van der Waals surface area (Å²) >= 11 is 0. The fraction of sp³-hybridized carbons (Fsp3) is 0.909. The third-order valence-electron chi connectivity index (χ3n) is 2.32. The molecule has 0 radical (unpaired) electrons. The Morgan fingerprint density at radius 3 is 2.53 bits per heavy atom. The summed E-state index contributed by atoms with van der Waals surface area (Å²) in [4.78, 5) is 10.6. The highest BCUT2D eigenvalue weighted by molar-refractivity contribution is 5.73. The fourth-order valence-electron chi connectivity index (χ4n) is 1.34. The van der Waals surface area contributed by atoms with Gasteiger partial charge < -0.3 is 15.2 Å². The molecule has 0 unspecified atom stereocenters. The molecule has 0 amide bonds. The molecule has 0 saturated heterocycles. The van der Waals surface area contributed by atoms with Crippen molar-refractivity contribution < 1.29 is 14.6 Å². The topological polar surface area (TPSA) is 58.6 Å². The Morgan fingerprint density at radius 2 is 2.00 bits per heavy atom. The number of hydrogen-bond donors (Lipinski definition) is 2. The van der Waals surface area contributed by atoms with Crippen LogP contribution >= 0.6 is 0 Å². The number of unbranched alkanes of at least 4 members (excludes halogenated alkanes) is 2. The van der Waals surface area contributed by atoms with E-state index in [-0.39, 0.29) is 0 Å². The zero-order valence-electron chi connectivity index (χ0n) is 9.79. The summed E-state index contributed by atoms with van der Waals surface area (Å²) < 4.78 is 5.39. The lowest BCUT2D eigenvalue weighted by Gasteiger charge is -2.10. The van der Waals surface area contributed by atoms with Crippen molar-refractivity contribution in [2.45, 2.75) is 45.1 Å². The number of carboxylic acid groups (broad SMARTS) is 1. The monoisotopic (exact) mass is 217 g/mol. The Bertz CT molecular complexity index is 162.